The van der Waals surface area contributed by atoms with Crippen LogP contribution >= 0.6 is 0 Å². The molecule has 0 fully saturated rings. The summed E-state index contributed by atoms with van der Waals surface area (Å²) < 4.78 is 2.52. The Morgan fingerprint density at radius 2 is 0.983 bits per heavy atom. The van der Waals surface area contributed by atoms with Crippen molar-refractivity contribution in [3.8, 4) is 22.3 Å². The van der Waals surface area contributed by atoms with E-state index in [9.17, 15) is 0 Å². The maximum Gasteiger partial charge on any atom is 0.0714 e. The summed E-state index contributed by atoms with van der Waals surface area (Å²) in [6.45, 7) is 6.93. The first-order chi connectivity index (χ1) is 28.9. The van der Waals surface area contributed by atoms with Crippen LogP contribution in [-0.4, -0.2) is 4.57 Å². The lowest BCUT2D eigenvalue weighted by Gasteiger charge is -2.35. The summed E-state index contributed by atoms with van der Waals surface area (Å²) in [6.07, 6.45) is 0. The number of anilines is 3. The monoisotopic (exact) mass is 756 g/mol. The van der Waals surface area contributed by atoms with Crippen LogP contribution in [0.4, 0.5) is 17.1 Å². The molecule has 0 amide bonds. The Bertz CT molecular complexity index is 3150. The average Bonchev–Trinajstić information content (AvgIpc) is 3.78. The van der Waals surface area contributed by atoms with Crippen molar-refractivity contribution in [2.75, 3.05) is 4.90 Å². The van der Waals surface area contributed by atoms with E-state index in [0.29, 0.717) is 0 Å². The fourth-order valence-corrected chi connectivity index (χ4v) is 10.2. The van der Waals surface area contributed by atoms with E-state index in [1.165, 1.54) is 77.1 Å². The largest absolute Gasteiger partial charge is 0.335 e. The minimum atomic E-state index is -0.523. The van der Waals surface area contributed by atoms with Crippen molar-refractivity contribution in [2.45, 2.75) is 31.7 Å². The van der Waals surface area contributed by atoms with E-state index in [4.69, 9.17) is 0 Å². The first kappa shape index (κ1) is 35.0. The van der Waals surface area contributed by atoms with E-state index in [-0.39, 0.29) is 5.54 Å². The average molecular weight is 757 g/mol. The molecule has 0 saturated carbocycles. The Morgan fingerprint density at radius 1 is 0.424 bits per heavy atom. The highest BCUT2D eigenvalue weighted by molar-refractivity contribution is 6.11. The minimum Gasteiger partial charge on any atom is -0.335 e. The number of nitrogens with zero attached hydrogens (tertiary/aromatic N) is 2. The molecule has 1 aromatic heterocycles. The third-order valence-corrected chi connectivity index (χ3v) is 12.5. The minimum absolute atomic E-state index is 0.146. The zero-order valence-electron chi connectivity index (χ0n) is 33.6. The van der Waals surface area contributed by atoms with Gasteiger partial charge >= 0.3 is 0 Å². The van der Waals surface area contributed by atoms with Crippen molar-refractivity contribution in [1.29, 1.82) is 0 Å². The quantitative estimate of drug-likeness (QED) is 0.164. The molecule has 0 bridgehead atoms. The molecule has 0 spiro atoms. The molecular formula is C57H44N2. The van der Waals surface area contributed by atoms with Gasteiger partial charge < -0.3 is 9.47 Å². The van der Waals surface area contributed by atoms with Crippen LogP contribution in [0.3, 0.4) is 0 Å². The van der Waals surface area contributed by atoms with Gasteiger partial charge in [0.05, 0.1) is 16.6 Å². The van der Waals surface area contributed by atoms with Gasteiger partial charge in [0.15, 0.2) is 0 Å². The molecule has 0 atom stereocenters. The third kappa shape index (κ3) is 5.33. The second-order valence-corrected chi connectivity index (χ2v) is 16.9. The van der Waals surface area contributed by atoms with Crippen LogP contribution in [0.2, 0.25) is 0 Å². The second-order valence-electron chi connectivity index (χ2n) is 16.9. The standard InChI is InChI=1S/C57H44N2/c1-56(2,3)59-52-30-18-16-28-48(52)49-35-33-44(38-54(49)59)58(53-36-31-39-19-13-14-26-45(39)55(53)40-20-7-4-8-21-40)43-32-34-47-46-27-15-17-29-50(46)57(51(47)37-43,41-22-9-5-10-23-41)42-24-11-6-12-25-42/h4-38H,1-3H3. The predicted octanol–water partition coefficient (Wildman–Crippen LogP) is 15.2. The van der Waals surface area contributed by atoms with Gasteiger partial charge in [-0.3, -0.25) is 0 Å². The molecule has 11 rings (SSSR count). The van der Waals surface area contributed by atoms with E-state index in [2.05, 4.69) is 243 Å². The molecule has 2 nitrogen and oxygen atoms in total. The van der Waals surface area contributed by atoms with Crippen LogP contribution in [0.15, 0.2) is 212 Å². The van der Waals surface area contributed by atoms with Gasteiger partial charge in [-0.2, -0.15) is 0 Å². The van der Waals surface area contributed by atoms with Crippen molar-refractivity contribution in [3.05, 3.63) is 235 Å². The molecule has 1 aliphatic rings. The molecule has 2 heteroatoms. The molecule has 0 saturated heterocycles. The van der Waals surface area contributed by atoms with Crippen molar-refractivity contribution in [3.63, 3.8) is 0 Å². The SMILES string of the molecule is CC(C)(C)n1c2ccccc2c2ccc(N(c3ccc4c(c3)C(c3ccccc3)(c3ccccc3)c3ccccc3-4)c3ccc4ccccc4c3-c3ccccc3)cc21. The lowest BCUT2D eigenvalue weighted by atomic mass is 9.67. The Morgan fingerprint density at radius 3 is 1.71 bits per heavy atom. The van der Waals surface area contributed by atoms with Crippen molar-refractivity contribution >= 4 is 49.6 Å². The summed E-state index contributed by atoms with van der Waals surface area (Å²) in [5.41, 5.74) is 15.2. The molecule has 0 unspecified atom stereocenters. The van der Waals surface area contributed by atoms with Crippen LogP contribution in [0.25, 0.3) is 54.8 Å². The van der Waals surface area contributed by atoms with Gasteiger partial charge in [-0.1, -0.05) is 176 Å². The van der Waals surface area contributed by atoms with Crippen molar-refractivity contribution in [2.24, 2.45) is 0 Å². The summed E-state index contributed by atoms with van der Waals surface area (Å²) in [7, 11) is 0. The van der Waals surface area contributed by atoms with Crippen LogP contribution < -0.4 is 4.90 Å². The molecule has 0 radical (unpaired) electrons. The Hall–Kier alpha value is -7.16. The van der Waals surface area contributed by atoms with E-state index in [1.54, 1.807) is 0 Å². The summed E-state index contributed by atoms with van der Waals surface area (Å²) in [4.78, 5) is 2.52. The number of benzene rings is 9. The smallest absolute Gasteiger partial charge is 0.0714 e. The first-order valence-corrected chi connectivity index (χ1v) is 20.7. The fraction of sp³-hybridized carbons (Fsp3) is 0.0877. The third-order valence-electron chi connectivity index (χ3n) is 12.5. The number of aromatic nitrogens is 1. The van der Waals surface area contributed by atoms with E-state index >= 15 is 0 Å². The summed E-state index contributed by atoms with van der Waals surface area (Å²) in [5, 5.41) is 4.98. The Kier molecular flexibility index (Phi) is 8.00. The predicted molar refractivity (Wildman–Crippen MR) is 249 cm³/mol. The van der Waals surface area contributed by atoms with Gasteiger partial charge in [-0.05, 0) is 107 Å². The van der Waals surface area contributed by atoms with Crippen LogP contribution in [0.5, 0.6) is 0 Å². The maximum atomic E-state index is 2.52. The van der Waals surface area contributed by atoms with Crippen molar-refractivity contribution < 1.29 is 0 Å². The number of rotatable bonds is 6. The topological polar surface area (TPSA) is 8.17 Å². The van der Waals surface area contributed by atoms with Gasteiger partial charge in [-0.25, -0.2) is 0 Å². The number of hydrogen-bond donors (Lipinski definition) is 0. The van der Waals surface area contributed by atoms with Gasteiger partial charge in [0.1, 0.15) is 0 Å². The molecule has 59 heavy (non-hydrogen) atoms. The van der Waals surface area contributed by atoms with Gasteiger partial charge in [0.25, 0.3) is 0 Å². The molecule has 9 aromatic carbocycles. The highest BCUT2D eigenvalue weighted by Crippen LogP contribution is 2.57. The second kappa shape index (κ2) is 13.5. The summed E-state index contributed by atoms with van der Waals surface area (Å²) in [5.74, 6) is 0. The van der Waals surface area contributed by atoms with Gasteiger partial charge in [0, 0.05) is 38.8 Å². The summed E-state index contributed by atoms with van der Waals surface area (Å²) >= 11 is 0. The maximum absolute atomic E-state index is 2.52. The number of para-hydroxylation sites is 1. The van der Waals surface area contributed by atoms with E-state index in [1.807, 2.05) is 0 Å². The van der Waals surface area contributed by atoms with Crippen LogP contribution in [-0.2, 0) is 11.0 Å². The molecule has 282 valence electrons. The van der Waals surface area contributed by atoms with E-state index in [0.717, 1.165) is 17.1 Å². The molecular weight excluding hydrogens is 713 g/mol. The number of hydrogen-bond acceptors (Lipinski definition) is 1. The molecule has 0 aliphatic heterocycles. The highest BCUT2D eigenvalue weighted by Gasteiger charge is 2.46. The molecule has 1 heterocycles. The van der Waals surface area contributed by atoms with Crippen LogP contribution in [0, 0.1) is 0 Å². The van der Waals surface area contributed by atoms with Crippen molar-refractivity contribution in [1.82, 2.24) is 4.57 Å². The van der Waals surface area contributed by atoms with Gasteiger partial charge in [0.2, 0.25) is 0 Å². The normalized spacial score (nSPS) is 13.1. The Balaban J connectivity index is 1.26. The highest BCUT2D eigenvalue weighted by atomic mass is 15.1. The molecule has 0 N–H and O–H groups in total. The lowest BCUT2D eigenvalue weighted by molar-refractivity contribution is 0.423. The first-order valence-electron chi connectivity index (χ1n) is 20.7. The van der Waals surface area contributed by atoms with Crippen LogP contribution in [0.1, 0.15) is 43.0 Å². The summed E-state index contributed by atoms with van der Waals surface area (Å²) in [6, 6.07) is 78.7. The fourth-order valence-electron chi connectivity index (χ4n) is 10.2. The molecule has 1 aliphatic carbocycles. The zero-order chi connectivity index (χ0) is 39.7. The lowest BCUT2D eigenvalue weighted by Crippen LogP contribution is -2.28. The Labute approximate surface area is 346 Å². The zero-order valence-corrected chi connectivity index (χ0v) is 33.6. The number of fused-ring (bicyclic) bond motifs is 7. The molecule has 10 aromatic rings. The van der Waals surface area contributed by atoms with Gasteiger partial charge in [-0.15, -0.1) is 0 Å². The van der Waals surface area contributed by atoms with E-state index < -0.39 is 5.41 Å².